The summed E-state index contributed by atoms with van der Waals surface area (Å²) >= 11 is 1.00. The van der Waals surface area contributed by atoms with Crippen LogP contribution in [0.2, 0.25) is 0 Å². The molecule has 0 saturated carbocycles. The lowest BCUT2D eigenvalue weighted by molar-refractivity contribution is -0.274. The summed E-state index contributed by atoms with van der Waals surface area (Å²) in [5.41, 5.74) is -2.22. The van der Waals surface area contributed by atoms with Gasteiger partial charge in [-0.1, -0.05) is 11.8 Å². The van der Waals surface area contributed by atoms with Gasteiger partial charge in [-0.05, 0) is 24.5 Å². The molecule has 1 heterocycles. The fraction of sp³-hybridized carbons (Fsp3) is 0.154. The Morgan fingerprint density at radius 3 is 2.65 bits per heavy atom. The van der Waals surface area contributed by atoms with Crippen LogP contribution in [0, 0.1) is 17.1 Å². The maximum Gasteiger partial charge on any atom is 0.573 e. The van der Waals surface area contributed by atoms with Crippen molar-refractivity contribution in [1.29, 1.82) is 5.26 Å². The number of hydrogen-bond donors (Lipinski definition) is 1. The van der Waals surface area contributed by atoms with Crippen LogP contribution in [0.25, 0.3) is 11.3 Å². The number of aromatic nitrogens is 2. The van der Waals surface area contributed by atoms with Crippen molar-refractivity contribution in [1.82, 2.24) is 9.97 Å². The van der Waals surface area contributed by atoms with E-state index in [0.29, 0.717) is 6.07 Å². The Balaban J connectivity index is 2.76. The molecule has 1 N–H and O–H groups in total. The zero-order chi connectivity index (χ0) is 17.2. The van der Waals surface area contributed by atoms with E-state index in [-0.39, 0.29) is 10.9 Å². The van der Waals surface area contributed by atoms with Crippen LogP contribution in [0.15, 0.2) is 28.2 Å². The van der Waals surface area contributed by atoms with Crippen LogP contribution in [0.4, 0.5) is 17.6 Å². The van der Waals surface area contributed by atoms with Gasteiger partial charge >= 0.3 is 6.36 Å². The number of rotatable bonds is 3. The Morgan fingerprint density at radius 2 is 2.09 bits per heavy atom. The summed E-state index contributed by atoms with van der Waals surface area (Å²) in [7, 11) is 0. The highest BCUT2D eigenvalue weighted by atomic mass is 32.2. The highest BCUT2D eigenvalue weighted by Crippen LogP contribution is 2.34. The minimum absolute atomic E-state index is 0.0613. The quantitative estimate of drug-likeness (QED) is 0.525. The number of hydrogen-bond acceptors (Lipinski definition) is 5. The van der Waals surface area contributed by atoms with Gasteiger partial charge in [0.2, 0.25) is 0 Å². The van der Waals surface area contributed by atoms with Crippen molar-refractivity contribution in [3.8, 4) is 23.1 Å². The van der Waals surface area contributed by atoms with E-state index in [4.69, 9.17) is 5.26 Å². The van der Waals surface area contributed by atoms with Crippen LogP contribution in [0.3, 0.4) is 0 Å². The Kier molecular flexibility index (Phi) is 4.60. The predicted molar refractivity (Wildman–Crippen MR) is 73.4 cm³/mol. The third kappa shape index (κ3) is 3.81. The summed E-state index contributed by atoms with van der Waals surface area (Å²) in [6.07, 6.45) is -3.46. The Bertz CT molecular complexity index is 843. The molecule has 0 saturated heterocycles. The number of H-pyrrole nitrogens is 1. The number of nitrogens with one attached hydrogen (secondary N) is 1. The first kappa shape index (κ1) is 16.8. The van der Waals surface area contributed by atoms with E-state index >= 15 is 0 Å². The van der Waals surface area contributed by atoms with Crippen LogP contribution in [0.5, 0.6) is 5.75 Å². The molecule has 0 fully saturated rings. The minimum Gasteiger partial charge on any atom is -0.405 e. The fourth-order valence-corrected chi connectivity index (χ4v) is 2.13. The second-order valence-electron chi connectivity index (χ2n) is 4.10. The van der Waals surface area contributed by atoms with Crippen LogP contribution >= 0.6 is 11.8 Å². The normalized spacial score (nSPS) is 11.1. The first-order chi connectivity index (χ1) is 10.7. The number of thioether (sulfide) groups is 1. The summed E-state index contributed by atoms with van der Waals surface area (Å²) in [6, 6.07) is 3.78. The van der Waals surface area contributed by atoms with Gasteiger partial charge < -0.3 is 9.72 Å². The van der Waals surface area contributed by atoms with Gasteiger partial charge in [-0.15, -0.1) is 13.2 Å². The first-order valence-electron chi connectivity index (χ1n) is 5.89. The topological polar surface area (TPSA) is 78.8 Å². The molecule has 0 radical (unpaired) electrons. The molecule has 2 rings (SSSR count). The third-order valence-electron chi connectivity index (χ3n) is 2.63. The molecule has 1 aromatic carbocycles. The van der Waals surface area contributed by atoms with E-state index in [1.54, 1.807) is 12.3 Å². The highest BCUT2D eigenvalue weighted by Gasteiger charge is 2.33. The Hall–Kier alpha value is -2.54. The SMILES string of the molecule is CSc1nc(-c2cc(F)ccc2OC(F)(F)F)c(C#N)c(=O)[nH]1. The lowest BCUT2D eigenvalue weighted by atomic mass is 10.1. The number of benzene rings is 1. The molecule has 0 atom stereocenters. The number of halogens is 4. The molecule has 0 aliphatic carbocycles. The summed E-state index contributed by atoms with van der Waals surface area (Å²) in [5.74, 6) is -1.63. The molecule has 0 aliphatic rings. The monoisotopic (exact) mass is 345 g/mol. The fourth-order valence-electron chi connectivity index (χ4n) is 1.75. The number of nitrogens with zero attached hydrogens (tertiary/aromatic N) is 2. The Labute approximate surface area is 130 Å². The lowest BCUT2D eigenvalue weighted by Gasteiger charge is -2.14. The lowest BCUT2D eigenvalue weighted by Crippen LogP contribution is -2.19. The second-order valence-corrected chi connectivity index (χ2v) is 4.89. The van der Waals surface area contributed by atoms with Crippen molar-refractivity contribution < 1.29 is 22.3 Å². The van der Waals surface area contributed by atoms with E-state index in [1.807, 2.05) is 0 Å². The molecule has 0 spiro atoms. The van der Waals surface area contributed by atoms with Crippen LogP contribution in [0.1, 0.15) is 5.56 Å². The van der Waals surface area contributed by atoms with Gasteiger partial charge in [-0.25, -0.2) is 9.37 Å². The average Bonchev–Trinajstić information content (AvgIpc) is 2.46. The second kappa shape index (κ2) is 6.29. The van der Waals surface area contributed by atoms with Gasteiger partial charge in [0.15, 0.2) is 5.16 Å². The molecule has 0 unspecified atom stereocenters. The standard InChI is InChI=1S/C13H7F4N3O2S/c1-23-12-19-10(8(5-18)11(21)20-12)7-4-6(14)2-3-9(7)22-13(15,16)17/h2-4H,1H3,(H,19,20,21). The smallest absolute Gasteiger partial charge is 0.405 e. The molecule has 10 heteroatoms. The van der Waals surface area contributed by atoms with Gasteiger partial charge in [0, 0.05) is 5.56 Å². The van der Waals surface area contributed by atoms with Crippen molar-refractivity contribution >= 4 is 11.8 Å². The van der Waals surface area contributed by atoms with Crippen molar-refractivity contribution in [2.24, 2.45) is 0 Å². The van der Waals surface area contributed by atoms with Crippen molar-refractivity contribution in [2.45, 2.75) is 11.5 Å². The van der Waals surface area contributed by atoms with Gasteiger partial charge in [0.1, 0.15) is 28.9 Å². The number of alkyl halides is 3. The zero-order valence-electron chi connectivity index (χ0n) is 11.4. The molecule has 0 bridgehead atoms. The first-order valence-corrected chi connectivity index (χ1v) is 7.11. The van der Waals surface area contributed by atoms with Gasteiger partial charge in [-0.2, -0.15) is 5.26 Å². The van der Waals surface area contributed by atoms with Crippen molar-refractivity contribution in [3.63, 3.8) is 0 Å². The van der Waals surface area contributed by atoms with Crippen LogP contribution < -0.4 is 10.3 Å². The molecule has 0 amide bonds. The maximum absolute atomic E-state index is 13.4. The average molecular weight is 345 g/mol. The number of ether oxygens (including phenoxy) is 1. The van der Waals surface area contributed by atoms with Crippen LogP contribution in [-0.4, -0.2) is 22.6 Å². The van der Waals surface area contributed by atoms with Crippen molar-refractivity contribution in [2.75, 3.05) is 6.26 Å². The minimum atomic E-state index is -5.02. The number of nitriles is 1. The molecule has 5 nitrogen and oxygen atoms in total. The predicted octanol–water partition coefficient (Wildman–Crippen LogP) is 3.07. The Morgan fingerprint density at radius 1 is 1.39 bits per heavy atom. The van der Waals surface area contributed by atoms with E-state index < -0.39 is 34.6 Å². The molecular formula is C13H7F4N3O2S. The largest absolute Gasteiger partial charge is 0.573 e. The highest BCUT2D eigenvalue weighted by molar-refractivity contribution is 7.98. The van der Waals surface area contributed by atoms with E-state index in [0.717, 1.165) is 23.9 Å². The van der Waals surface area contributed by atoms with Gasteiger partial charge in [0.25, 0.3) is 5.56 Å². The zero-order valence-corrected chi connectivity index (χ0v) is 12.2. The summed E-state index contributed by atoms with van der Waals surface area (Å²) < 4.78 is 54.7. The van der Waals surface area contributed by atoms with E-state index in [1.165, 1.54) is 0 Å². The summed E-state index contributed by atoms with van der Waals surface area (Å²) in [6.45, 7) is 0. The van der Waals surface area contributed by atoms with E-state index in [9.17, 15) is 22.4 Å². The maximum atomic E-state index is 13.4. The summed E-state index contributed by atoms with van der Waals surface area (Å²) in [4.78, 5) is 18.0. The molecule has 120 valence electrons. The third-order valence-corrected chi connectivity index (χ3v) is 3.21. The molecule has 2 aromatic rings. The molecule has 1 aromatic heterocycles. The summed E-state index contributed by atoms with van der Waals surface area (Å²) in [5, 5.41) is 9.10. The molecular weight excluding hydrogens is 338 g/mol. The van der Waals surface area contributed by atoms with Gasteiger partial charge in [0.05, 0.1) is 0 Å². The number of aromatic amines is 1. The van der Waals surface area contributed by atoms with Gasteiger partial charge in [-0.3, -0.25) is 4.79 Å². The van der Waals surface area contributed by atoms with Crippen molar-refractivity contribution in [3.05, 3.63) is 39.9 Å². The van der Waals surface area contributed by atoms with Crippen LogP contribution in [-0.2, 0) is 0 Å². The van der Waals surface area contributed by atoms with E-state index in [2.05, 4.69) is 14.7 Å². The molecule has 23 heavy (non-hydrogen) atoms. The molecule has 0 aliphatic heterocycles.